The van der Waals surface area contributed by atoms with Gasteiger partial charge in [-0.2, -0.15) is 0 Å². The number of aromatic nitrogens is 4. The minimum absolute atomic E-state index is 0.323. The Hall–Kier alpha value is -1.05. The second kappa shape index (κ2) is 7.02. The molecule has 2 fully saturated rings. The molecular formula is C15H29N7. The summed E-state index contributed by atoms with van der Waals surface area (Å²) >= 11 is 0. The molecule has 1 unspecified atom stereocenters. The molecule has 7 nitrogen and oxygen atoms in total. The van der Waals surface area contributed by atoms with Gasteiger partial charge in [-0.25, -0.2) is 4.68 Å². The molecule has 0 radical (unpaired) electrons. The highest BCUT2D eigenvalue weighted by atomic mass is 15.6. The van der Waals surface area contributed by atoms with Crippen LogP contribution in [0.4, 0.5) is 0 Å². The molecule has 0 N–H and O–H groups in total. The Morgan fingerprint density at radius 1 is 1.14 bits per heavy atom. The summed E-state index contributed by atoms with van der Waals surface area (Å²) in [5, 5.41) is 12.1. The van der Waals surface area contributed by atoms with Gasteiger partial charge in [0.25, 0.3) is 0 Å². The van der Waals surface area contributed by atoms with E-state index in [2.05, 4.69) is 51.1 Å². The van der Waals surface area contributed by atoms with Crippen LogP contribution in [0.3, 0.4) is 0 Å². The van der Waals surface area contributed by atoms with Gasteiger partial charge in [-0.05, 0) is 50.7 Å². The standard InChI is InChI=1S/C15H29N7/c1-13(2)22-15(16-17-18-22)12-20-7-9-21(10-8-20)14-5-4-6-19(3)11-14/h13-14H,4-12H2,1-3H3. The van der Waals surface area contributed by atoms with E-state index in [-0.39, 0.29) is 0 Å². The van der Waals surface area contributed by atoms with E-state index in [9.17, 15) is 0 Å². The van der Waals surface area contributed by atoms with E-state index in [0.29, 0.717) is 6.04 Å². The Kier molecular flexibility index (Phi) is 5.05. The third kappa shape index (κ3) is 3.64. The SMILES string of the molecule is CC(C)n1nnnc1CN1CCN(C2CCCN(C)C2)CC1. The van der Waals surface area contributed by atoms with Crippen LogP contribution >= 0.6 is 0 Å². The van der Waals surface area contributed by atoms with Gasteiger partial charge in [0.05, 0.1) is 12.6 Å². The molecular weight excluding hydrogens is 278 g/mol. The lowest BCUT2D eigenvalue weighted by Gasteiger charge is -2.42. The van der Waals surface area contributed by atoms with Crippen LogP contribution in [0.1, 0.15) is 38.6 Å². The molecule has 3 rings (SSSR count). The summed E-state index contributed by atoms with van der Waals surface area (Å²) in [4.78, 5) is 7.63. The summed E-state index contributed by atoms with van der Waals surface area (Å²) in [5.74, 6) is 0.987. The predicted molar refractivity (Wildman–Crippen MR) is 85.6 cm³/mol. The highest BCUT2D eigenvalue weighted by Gasteiger charge is 2.27. The van der Waals surface area contributed by atoms with E-state index in [1.165, 1.54) is 39.0 Å². The van der Waals surface area contributed by atoms with Crippen molar-refractivity contribution >= 4 is 0 Å². The summed E-state index contributed by atoms with van der Waals surface area (Å²) in [6.07, 6.45) is 2.69. The minimum Gasteiger partial charge on any atom is -0.305 e. The molecule has 2 saturated heterocycles. The van der Waals surface area contributed by atoms with Crippen molar-refractivity contribution in [2.45, 2.75) is 45.3 Å². The summed E-state index contributed by atoms with van der Waals surface area (Å²) in [7, 11) is 2.24. The molecule has 1 aromatic heterocycles. The number of hydrogen-bond acceptors (Lipinski definition) is 6. The predicted octanol–water partition coefficient (Wildman–Crippen LogP) is 0.466. The summed E-state index contributed by atoms with van der Waals surface area (Å²) in [5.41, 5.74) is 0. The van der Waals surface area contributed by atoms with Gasteiger partial charge in [-0.1, -0.05) is 0 Å². The molecule has 0 aliphatic carbocycles. The van der Waals surface area contributed by atoms with Crippen molar-refractivity contribution in [2.24, 2.45) is 0 Å². The number of hydrogen-bond donors (Lipinski definition) is 0. The fourth-order valence-corrected chi connectivity index (χ4v) is 3.64. The first-order valence-corrected chi connectivity index (χ1v) is 8.55. The van der Waals surface area contributed by atoms with Crippen molar-refractivity contribution in [2.75, 3.05) is 46.3 Å². The number of likely N-dealkylation sites (tertiary alicyclic amines) is 1. The van der Waals surface area contributed by atoms with E-state index in [4.69, 9.17) is 0 Å². The van der Waals surface area contributed by atoms with Crippen LogP contribution in [-0.4, -0.2) is 87.3 Å². The highest BCUT2D eigenvalue weighted by molar-refractivity contribution is 4.87. The van der Waals surface area contributed by atoms with Gasteiger partial charge in [0.15, 0.2) is 5.82 Å². The first-order chi connectivity index (χ1) is 10.6. The molecule has 3 heterocycles. The lowest BCUT2D eigenvalue weighted by molar-refractivity contribution is 0.0553. The van der Waals surface area contributed by atoms with E-state index in [0.717, 1.165) is 31.5 Å². The van der Waals surface area contributed by atoms with E-state index in [1.807, 2.05) is 4.68 Å². The third-order valence-corrected chi connectivity index (χ3v) is 4.94. The monoisotopic (exact) mass is 307 g/mol. The Bertz CT molecular complexity index is 464. The Morgan fingerprint density at radius 2 is 1.91 bits per heavy atom. The number of likely N-dealkylation sites (N-methyl/N-ethyl adjacent to an activating group) is 1. The van der Waals surface area contributed by atoms with Gasteiger partial charge in [0, 0.05) is 38.8 Å². The molecule has 22 heavy (non-hydrogen) atoms. The van der Waals surface area contributed by atoms with Crippen molar-refractivity contribution in [1.82, 2.24) is 34.9 Å². The number of rotatable bonds is 4. The minimum atomic E-state index is 0.323. The van der Waals surface area contributed by atoms with E-state index >= 15 is 0 Å². The fraction of sp³-hybridized carbons (Fsp3) is 0.933. The van der Waals surface area contributed by atoms with E-state index < -0.39 is 0 Å². The van der Waals surface area contributed by atoms with Crippen LogP contribution in [0.15, 0.2) is 0 Å². The number of nitrogens with zero attached hydrogens (tertiary/aromatic N) is 7. The maximum Gasteiger partial charge on any atom is 0.165 e. The maximum absolute atomic E-state index is 4.19. The van der Waals surface area contributed by atoms with Crippen molar-refractivity contribution < 1.29 is 0 Å². The topological polar surface area (TPSA) is 53.3 Å². The summed E-state index contributed by atoms with van der Waals surface area (Å²) < 4.78 is 1.93. The van der Waals surface area contributed by atoms with Crippen LogP contribution in [-0.2, 0) is 6.54 Å². The quantitative estimate of drug-likeness (QED) is 0.806. The van der Waals surface area contributed by atoms with Crippen molar-refractivity contribution in [1.29, 1.82) is 0 Å². The number of tetrazole rings is 1. The molecule has 2 aliphatic rings. The van der Waals surface area contributed by atoms with Crippen LogP contribution in [0.5, 0.6) is 0 Å². The molecule has 124 valence electrons. The zero-order valence-electron chi connectivity index (χ0n) is 14.1. The first-order valence-electron chi connectivity index (χ1n) is 8.55. The number of piperazine rings is 1. The molecule has 0 aromatic carbocycles. The summed E-state index contributed by atoms with van der Waals surface area (Å²) in [6, 6.07) is 1.07. The van der Waals surface area contributed by atoms with Crippen molar-refractivity contribution in [3.8, 4) is 0 Å². The first kappa shape index (κ1) is 15.8. The maximum atomic E-state index is 4.19. The molecule has 0 bridgehead atoms. The molecule has 2 aliphatic heterocycles. The normalized spacial score (nSPS) is 25.9. The zero-order chi connectivity index (χ0) is 15.5. The smallest absolute Gasteiger partial charge is 0.165 e. The van der Waals surface area contributed by atoms with Gasteiger partial charge in [0.2, 0.25) is 0 Å². The van der Waals surface area contributed by atoms with Crippen LogP contribution in [0, 0.1) is 0 Å². The Labute approximate surface area is 133 Å². The molecule has 0 saturated carbocycles. The highest BCUT2D eigenvalue weighted by Crippen LogP contribution is 2.17. The largest absolute Gasteiger partial charge is 0.305 e. The second-order valence-electron chi connectivity index (χ2n) is 7.00. The van der Waals surface area contributed by atoms with Gasteiger partial charge in [0.1, 0.15) is 0 Å². The van der Waals surface area contributed by atoms with E-state index in [1.54, 1.807) is 0 Å². The average molecular weight is 307 g/mol. The average Bonchev–Trinajstić information content (AvgIpc) is 2.96. The molecule has 7 heteroatoms. The van der Waals surface area contributed by atoms with Crippen LogP contribution in [0.25, 0.3) is 0 Å². The van der Waals surface area contributed by atoms with Crippen LogP contribution < -0.4 is 0 Å². The molecule has 1 atom stereocenters. The van der Waals surface area contributed by atoms with Crippen molar-refractivity contribution in [3.63, 3.8) is 0 Å². The lowest BCUT2D eigenvalue weighted by atomic mass is 10.0. The van der Waals surface area contributed by atoms with Gasteiger partial charge in [-0.15, -0.1) is 5.10 Å². The second-order valence-corrected chi connectivity index (χ2v) is 7.00. The van der Waals surface area contributed by atoms with Gasteiger partial charge in [-0.3, -0.25) is 9.80 Å². The van der Waals surface area contributed by atoms with Gasteiger partial charge >= 0.3 is 0 Å². The number of piperidine rings is 1. The molecule has 0 spiro atoms. The fourth-order valence-electron chi connectivity index (χ4n) is 3.64. The third-order valence-electron chi connectivity index (χ3n) is 4.94. The Morgan fingerprint density at radius 3 is 2.59 bits per heavy atom. The van der Waals surface area contributed by atoms with Gasteiger partial charge < -0.3 is 4.90 Å². The zero-order valence-corrected chi connectivity index (χ0v) is 14.1. The summed E-state index contributed by atoms with van der Waals surface area (Å²) in [6.45, 7) is 12.2. The molecule has 0 amide bonds. The van der Waals surface area contributed by atoms with Crippen molar-refractivity contribution in [3.05, 3.63) is 5.82 Å². The molecule has 1 aromatic rings. The lowest BCUT2D eigenvalue weighted by Crippen LogP contribution is -2.54. The van der Waals surface area contributed by atoms with Crippen LogP contribution in [0.2, 0.25) is 0 Å². The Balaban J connectivity index is 1.50.